The Kier molecular flexibility index (Phi) is 3.91. The third-order valence-electron chi connectivity index (χ3n) is 5.61. The number of fused-ring (bicyclic) bond motifs is 3. The smallest absolute Gasteiger partial charge is 0.278 e. The minimum atomic E-state index is -0.284. The highest BCUT2D eigenvalue weighted by molar-refractivity contribution is 6.08. The fourth-order valence-electron chi connectivity index (χ4n) is 3.54. The highest BCUT2D eigenvalue weighted by atomic mass is 16.1. The lowest BCUT2D eigenvalue weighted by Gasteiger charge is -2.14. The van der Waals surface area contributed by atoms with E-state index < -0.39 is 0 Å². The van der Waals surface area contributed by atoms with Crippen molar-refractivity contribution in [1.29, 1.82) is 0 Å². The molecule has 27 heavy (non-hydrogen) atoms. The average Bonchev–Trinajstić information content (AvgIpc) is 3.00. The van der Waals surface area contributed by atoms with Gasteiger partial charge in [-0.05, 0) is 68.5 Å². The molecule has 0 fully saturated rings. The first kappa shape index (κ1) is 17.1. The molecular weight excluding hydrogens is 338 g/mol. The van der Waals surface area contributed by atoms with Gasteiger partial charge in [0.05, 0.1) is 22.8 Å². The van der Waals surface area contributed by atoms with Gasteiger partial charge in [-0.1, -0.05) is 6.07 Å². The molecule has 6 nitrogen and oxygen atoms in total. The quantitative estimate of drug-likeness (QED) is 0.472. The van der Waals surface area contributed by atoms with E-state index in [0.29, 0.717) is 11.0 Å². The van der Waals surface area contributed by atoms with Crippen LogP contribution >= 0.6 is 0 Å². The van der Waals surface area contributed by atoms with Gasteiger partial charge in [-0.25, -0.2) is 4.98 Å². The molecule has 0 saturated carbocycles. The standard InChI is InChI=1S/C21H21N5O/c1-10-11(2)13(4)18(14(5)12(10)3)25-26-19-17-15-7-6-8-22-16(15)9-23-20(17)24-21(19)27/h6-9,22H,1-5H3,(H,23,24,27). The molecule has 0 unspecified atom stereocenters. The summed E-state index contributed by atoms with van der Waals surface area (Å²) >= 11 is 0. The second-order valence-electron chi connectivity index (χ2n) is 6.96. The van der Waals surface area contributed by atoms with E-state index >= 15 is 0 Å². The third-order valence-corrected chi connectivity index (χ3v) is 5.61. The van der Waals surface area contributed by atoms with E-state index in [-0.39, 0.29) is 11.2 Å². The van der Waals surface area contributed by atoms with Crippen LogP contribution in [0.5, 0.6) is 0 Å². The lowest BCUT2D eigenvalue weighted by molar-refractivity contribution is 1.12. The van der Waals surface area contributed by atoms with Gasteiger partial charge in [-0.3, -0.25) is 4.79 Å². The topological polar surface area (TPSA) is 86.3 Å². The highest BCUT2D eigenvalue weighted by Gasteiger charge is 2.15. The molecule has 4 aromatic rings. The van der Waals surface area contributed by atoms with Crippen LogP contribution in [0.25, 0.3) is 21.9 Å². The maximum Gasteiger partial charge on any atom is 0.278 e. The van der Waals surface area contributed by atoms with Gasteiger partial charge in [0, 0.05) is 11.6 Å². The van der Waals surface area contributed by atoms with Crippen LogP contribution in [0.2, 0.25) is 0 Å². The fourth-order valence-corrected chi connectivity index (χ4v) is 3.54. The van der Waals surface area contributed by atoms with Gasteiger partial charge >= 0.3 is 0 Å². The molecule has 0 saturated heterocycles. The zero-order chi connectivity index (χ0) is 19.3. The molecule has 1 aromatic carbocycles. The average molecular weight is 359 g/mol. The summed E-state index contributed by atoms with van der Waals surface area (Å²) in [5, 5.41) is 10.4. The molecular formula is C21H21N5O. The summed E-state index contributed by atoms with van der Waals surface area (Å²) in [6, 6.07) is 3.83. The molecule has 6 heteroatoms. The zero-order valence-corrected chi connectivity index (χ0v) is 16.1. The van der Waals surface area contributed by atoms with Gasteiger partial charge in [-0.2, -0.15) is 0 Å². The molecule has 136 valence electrons. The van der Waals surface area contributed by atoms with Gasteiger partial charge in [0.1, 0.15) is 5.65 Å². The number of pyridine rings is 2. The van der Waals surface area contributed by atoms with Crippen molar-refractivity contribution in [3.05, 3.63) is 62.7 Å². The van der Waals surface area contributed by atoms with E-state index in [4.69, 9.17) is 0 Å². The maximum absolute atomic E-state index is 12.5. The summed E-state index contributed by atoms with van der Waals surface area (Å²) in [6.07, 6.45) is 3.53. The Bertz CT molecular complexity index is 1260. The van der Waals surface area contributed by atoms with E-state index in [0.717, 1.165) is 27.7 Å². The molecule has 2 N–H and O–H groups in total. The van der Waals surface area contributed by atoms with Crippen molar-refractivity contribution in [2.75, 3.05) is 0 Å². The summed E-state index contributed by atoms with van der Waals surface area (Å²) in [5.41, 5.74) is 8.04. The first-order chi connectivity index (χ1) is 12.9. The number of nitrogens with zero attached hydrogens (tertiary/aromatic N) is 3. The van der Waals surface area contributed by atoms with Crippen molar-refractivity contribution in [1.82, 2.24) is 15.0 Å². The largest absolute Gasteiger partial charge is 0.360 e. The number of hydrogen-bond acceptors (Lipinski definition) is 4. The number of hydrogen-bond donors (Lipinski definition) is 2. The Balaban J connectivity index is 1.97. The van der Waals surface area contributed by atoms with Crippen molar-refractivity contribution in [3.8, 4) is 0 Å². The van der Waals surface area contributed by atoms with Crippen LogP contribution < -0.4 is 5.56 Å². The summed E-state index contributed by atoms with van der Waals surface area (Å²) in [7, 11) is 0. The van der Waals surface area contributed by atoms with Crippen LogP contribution in [-0.2, 0) is 0 Å². The Morgan fingerprint density at radius 2 is 1.52 bits per heavy atom. The molecule has 0 bridgehead atoms. The lowest BCUT2D eigenvalue weighted by atomic mass is 9.93. The molecule has 0 radical (unpaired) electrons. The van der Waals surface area contributed by atoms with Gasteiger partial charge in [-0.15, -0.1) is 10.2 Å². The minimum absolute atomic E-state index is 0.284. The third kappa shape index (κ3) is 2.56. The van der Waals surface area contributed by atoms with Crippen LogP contribution in [0.4, 0.5) is 11.4 Å². The Labute approximate surface area is 156 Å². The lowest BCUT2D eigenvalue weighted by Crippen LogP contribution is -1.97. The van der Waals surface area contributed by atoms with E-state index in [1.54, 1.807) is 6.20 Å². The molecule has 3 heterocycles. The van der Waals surface area contributed by atoms with Crippen molar-refractivity contribution in [3.63, 3.8) is 0 Å². The summed E-state index contributed by atoms with van der Waals surface area (Å²) in [4.78, 5) is 22.8. The predicted octanol–water partition coefficient (Wildman–Crippen LogP) is 5.36. The molecule has 0 aliphatic heterocycles. The first-order valence-electron chi connectivity index (χ1n) is 8.87. The van der Waals surface area contributed by atoms with Crippen LogP contribution in [-0.4, -0.2) is 15.0 Å². The monoisotopic (exact) mass is 359 g/mol. The first-order valence-corrected chi connectivity index (χ1v) is 8.87. The second-order valence-corrected chi connectivity index (χ2v) is 6.96. The molecule has 0 aliphatic rings. The normalized spacial score (nSPS) is 11.9. The van der Waals surface area contributed by atoms with Crippen LogP contribution in [0, 0.1) is 34.6 Å². The molecule has 0 atom stereocenters. The summed E-state index contributed by atoms with van der Waals surface area (Å²) in [5.74, 6) is 0. The minimum Gasteiger partial charge on any atom is -0.360 e. The van der Waals surface area contributed by atoms with Crippen molar-refractivity contribution in [2.45, 2.75) is 34.6 Å². The summed E-state index contributed by atoms with van der Waals surface area (Å²) in [6.45, 7) is 10.4. The SMILES string of the molecule is Cc1c(C)c(C)c(N=Nc2c(=O)[nH]c3ncc4[nH]cccc4c23)c(C)c1C. The van der Waals surface area contributed by atoms with Gasteiger partial charge < -0.3 is 9.97 Å². The number of aromatic nitrogens is 3. The molecule has 0 aliphatic carbocycles. The molecule has 3 aromatic heterocycles. The number of nitrogens with one attached hydrogen (secondary N) is 2. The van der Waals surface area contributed by atoms with E-state index in [9.17, 15) is 4.79 Å². The molecule has 4 rings (SSSR count). The van der Waals surface area contributed by atoms with E-state index in [1.165, 1.54) is 16.7 Å². The van der Waals surface area contributed by atoms with E-state index in [2.05, 4.69) is 46.0 Å². The van der Waals surface area contributed by atoms with E-state index in [1.807, 2.05) is 32.2 Å². The summed E-state index contributed by atoms with van der Waals surface area (Å²) < 4.78 is 0. The second kappa shape index (κ2) is 6.16. The van der Waals surface area contributed by atoms with Crippen LogP contribution in [0.3, 0.4) is 0 Å². The van der Waals surface area contributed by atoms with Crippen molar-refractivity contribution in [2.24, 2.45) is 10.2 Å². The Morgan fingerprint density at radius 3 is 2.22 bits per heavy atom. The van der Waals surface area contributed by atoms with Gasteiger partial charge in [0.15, 0.2) is 5.69 Å². The van der Waals surface area contributed by atoms with Crippen molar-refractivity contribution < 1.29 is 0 Å². The van der Waals surface area contributed by atoms with Crippen LogP contribution in [0.1, 0.15) is 27.8 Å². The number of H-pyrrole nitrogens is 2. The molecule has 0 amide bonds. The van der Waals surface area contributed by atoms with Crippen molar-refractivity contribution >= 4 is 33.3 Å². The fraction of sp³-hybridized carbons (Fsp3) is 0.238. The number of azo groups is 1. The van der Waals surface area contributed by atoms with Crippen LogP contribution in [0.15, 0.2) is 39.5 Å². The number of benzene rings is 1. The predicted molar refractivity (Wildman–Crippen MR) is 109 cm³/mol. The maximum atomic E-state index is 12.5. The van der Waals surface area contributed by atoms with Gasteiger partial charge in [0.25, 0.3) is 5.56 Å². The Morgan fingerprint density at radius 1 is 0.889 bits per heavy atom. The van der Waals surface area contributed by atoms with Gasteiger partial charge in [0.2, 0.25) is 0 Å². The Hall–Kier alpha value is -3.28. The highest BCUT2D eigenvalue weighted by Crippen LogP contribution is 2.34. The number of aromatic amines is 2. The number of rotatable bonds is 2. The zero-order valence-electron chi connectivity index (χ0n) is 16.1. The molecule has 0 spiro atoms.